The van der Waals surface area contributed by atoms with Gasteiger partial charge in [0.25, 0.3) is 21.4 Å². The largest absolute Gasteiger partial charge is 0.300 e. The molecular weight excluding hydrogens is 374 g/mol. The van der Waals surface area contributed by atoms with Crippen molar-refractivity contribution in [2.75, 3.05) is 4.72 Å². The molecule has 0 saturated heterocycles. The van der Waals surface area contributed by atoms with Gasteiger partial charge in [0, 0.05) is 6.07 Å². The molecule has 1 heterocycles. The van der Waals surface area contributed by atoms with Crippen molar-refractivity contribution in [2.45, 2.75) is 4.90 Å². The van der Waals surface area contributed by atoms with E-state index < -0.39 is 36.9 Å². The Morgan fingerprint density at radius 2 is 1.80 bits per heavy atom. The molecule has 0 atom stereocenters. The Labute approximate surface area is 143 Å². The van der Waals surface area contributed by atoms with Gasteiger partial charge in [0.15, 0.2) is 0 Å². The average molecular weight is 381 g/mol. The molecule has 0 bridgehead atoms. The van der Waals surface area contributed by atoms with Gasteiger partial charge in [-0.05, 0) is 18.2 Å². The summed E-state index contributed by atoms with van der Waals surface area (Å²) in [6.45, 7) is 0. The molecule has 0 aliphatic rings. The first-order chi connectivity index (χ1) is 11.8. The average Bonchev–Trinajstić information content (AvgIpc) is 3.02. The fourth-order valence-electron chi connectivity index (χ4n) is 2.07. The van der Waals surface area contributed by atoms with Crippen molar-refractivity contribution in [2.24, 2.45) is 0 Å². The molecule has 0 fully saturated rings. The summed E-state index contributed by atoms with van der Waals surface area (Å²) in [7, 11) is -4.22. The Hall–Kier alpha value is -3.19. The minimum Gasteiger partial charge on any atom is -0.273 e. The van der Waals surface area contributed by atoms with Crippen molar-refractivity contribution in [1.82, 2.24) is 8.75 Å². The molecule has 0 aliphatic carbocycles. The number of hydrogen-bond donors (Lipinski definition) is 1. The molecule has 13 heteroatoms. The molecule has 25 heavy (non-hydrogen) atoms. The molecule has 0 spiro atoms. The van der Waals surface area contributed by atoms with Crippen LogP contribution in [0.25, 0.3) is 11.0 Å². The minimum atomic E-state index is -4.22. The van der Waals surface area contributed by atoms with Gasteiger partial charge < -0.3 is 0 Å². The number of rotatable bonds is 5. The van der Waals surface area contributed by atoms with Crippen LogP contribution in [0.2, 0.25) is 0 Å². The standard InChI is InChI=1S/C12H7N5O6S2/c18-16(19)7-4-5-8(10(6-7)17(20)21)15-25(22,23)11-3-1-2-9-12(11)14-24-13-9/h1-6,15H. The molecule has 1 aromatic heterocycles. The second-order valence-corrected chi connectivity index (χ2v) is 6.89. The summed E-state index contributed by atoms with van der Waals surface area (Å²) in [5, 5.41) is 21.9. The lowest BCUT2D eigenvalue weighted by Gasteiger charge is -2.08. The van der Waals surface area contributed by atoms with E-state index in [0.717, 1.165) is 23.9 Å². The zero-order chi connectivity index (χ0) is 18.2. The molecule has 0 radical (unpaired) electrons. The van der Waals surface area contributed by atoms with Crippen molar-refractivity contribution < 1.29 is 18.3 Å². The Balaban J connectivity index is 2.08. The highest BCUT2D eigenvalue weighted by atomic mass is 32.2. The second kappa shape index (κ2) is 6.03. The molecule has 2 aromatic carbocycles. The number of benzene rings is 2. The number of sulfonamides is 1. The first kappa shape index (κ1) is 16.7. The Morgan fingerprint density at radius 1 is 1.04 bits per heavy atom. The zero-order valence-electron chi connectivity index (χ0n) is 12.0. The quantitative estimate of drug-likeness (QED) is 0.520. The molecule has 0 amide bonds. The van der Waals surface area contributed by atoms with Crippen LogP contribution in [0.1, 0.15) is 0 Å². The van der Waals surface area contributed by atoms with Crippen LogP contribution in [0, 0.1) is 20.2 Å². The van der Waals surface area contributed by atoms with Crippen LogP contribution in [0.4, 0.5) is 17.1 Å². The number of nitrogens with one attached hydrogen (secondary N) is 1. The van der Waals surface area contributed by atoms with Gasteiger partial charge in [0.05, 0.1) is 27.6 Å². The molecular formula is C12H7N5O6S2. The number of nitro benzene ring substituents is 2. The first-order valence-electron chi connectivity index (χ1n) is 6.46. The maximum Gasteiger partial charge on any atom is 0.300 e. The lowest BCUT2D eigenvalue weighted by molar-refractivity contribution is -0.393. The number of aromatic nitrogens is 2. The van der Waals surface area contributed by atoms with Gasteiger partial charge in [-0.25, -0.2) is 8.42 Å². The van der Waals surface area contributed by atoms with Gasteiger partial charge in [-0.1, -0.05) is 6.07 Å². The Morgan fingerprint density at radius 3 is 2.48 bits per heavy atom. The van der Waals surface area contributed by atoms with E-state index in [-0.39, 0.29) is 10.4 Å². The predicted octanol–water partition coefficient (Wildman–Crippen LogP) is 2.31. The van der Waals surface area contributed by atoms with E-state index in [9.17, 15) is 28.6 Å². The number of hydrogen-bond acceptors (Lipinski definition) is 9. The van der Waals surface area contributed by atoms with E-state index >= 15 is 0 Å². The fraction of sp³-hybridized carbons (Fsp3) is 0. The highest BCUT2D eigenvalue weighted by Gasteiger charge is 2.25. The first-order valence-corrected chi connectivity index (χ1v) is 8.68. The van der Waals surface area contributed by atoms with Crippen molar-refractivity contribution in [3.8, 4) is 0 Å². The van der Waals surface area contributed by atoms with Gasteiger partial charge in [0.2, 0.25) is 0 Å². The normalized spacial score (nSPS) is 11.4. The number of nitro groups is 2. The zero-order valence-corrected chi connectivity index (χ0v) is 13.7. The summed E-state index contributed by atoms with van der Waals surface area (Å²) in [6, 6.07) is 6.93. The minimum absolute atomic E-state index is 0.129. The van der Waals surface area contributed by atoms with E-state index in [1.807, 2.05) is 0 Å². The van der Waals surface area contributed by atoms with Gasteiger partial charge >= 0.3 is 0 Å². The molecule has 0 unspecified atom stereocenters. The van der Waals surface area contributed by atoms with Gasteiger partial charge in [-0.3, -0.25) is 25.0 Å². The second-order valence-electron chi connectivity index (χ2n) is 4.71. The Bertz CT molecular complexity index is 1110. The van der Waals surface area contributed by atoms with Crippen molar-refractivity contribution >= 4 is 49.8 Å². The van der Waals surface area contributed by atoms with Crippen LogP contribution in [-0.4, -0.2) is 27.0 Å². The van der Waals surface area contributed by atoms with Crippen LogP contribution >= 0.6 is 11.7 Å². The summed E-state index contributed by atoms with van der Waals surface area (Å²) in [5.74, 6) is 0. The smallest absolute Gasteiger partial charge is 0.273 e. The van der Waals surface area contributed by atoms with Crippen LogP contribution in [0.5, 0.6) is 0 Å². The summed E-state index contributed by atoms with van der Waals surface area (Å²) < 4.78 is 35.1. The molecule has 1 N–H and O–H groups in total. The van der Waals surface area contributed by atoms with E-state index in [1.165, 1.54) is 12.1 Å². The van der Waals surface area contributed by atoms with E-state index in [2.05, 4.69) is 13.5 Å². The number of fused-ring (bicyclic) bond motifs is 1. The third-order valence-electron chi connectivity index (χ3n) is 3.17. The molecule has 3 rings (SSSR count). The summed E-state index contributed by atoms with van der Waals surface area (Å²) >= 11 is 0.827. The molecule has 0 saturated carbocycles. The fourth-order valence-corrected chi connectivity index (χ4v) is 3.91. The number of anilines is 1. The maximum atomic E-state index is 12.6. The summed E-state index contributed by atoms with van der Waals surface area (Å²) in [5.41, 5.74) is -1.16. The molecule has 0 aliphatic heterocycles. The molecule has 3 aromatic rings. The third kappa shape index (κ3) is 3.09. The highest BCUT2D eigenvalue weighted by molar-refractivity contribution is 7.93. The number of non-ortho nitro benzene ring substituents is 1. The van der Waals surface area contributed by atoms with Gasteiger partial charge in [-0.2, -0.15) is 8.75 Å². The molecule has 128 valence electrons. The van der Waals surface area contributed by atoms with Crippen LogP contribution in [0.15, 0.2) is 41.3 Å². The van der Waals surface area contributed by atoms with E-state index in [4.69, 9.17) is 0 Å². The van der Waals surface area contributed by atoms with E-state index in [0.29, 0.717) is 11.6 Å². The SMILES string of the molecule is O=[N+]([O-])c1ccc(NS(=O)(=O)c2cccc3nsnc23)c([N+](=O)[O-])c1. The monoisotopic (exact) mass is 381 g/mol. The van der Waals surface area contributed by atoms with Crippen LogP contribution < -0.4 is 4.72 Å². The third-order valence-corrected chi connectivity index (χ3v) is 5.11. The van der Waals surface area contributed by atoms with E-state index in [1.54, 1.807) is 6.07 Å². The van der Waals surface area contributed by atoms with Crippen molar-refractivity contribution in [3.63, 3.8) is 0 Å². The summed E-state index contributed by atoms with van der Waals surface area (Å²) in [4.78, 5) is 19.9. The van der Waals surface area contributed by atoms with Crippen LogP contribution in [0.3, 0.4) is 0 Å². The highest BCUT2D eigenvalue weighted by Crippen LogP contribution is 2.31. The van der Waals surface area contributed by atoms with Crippen molar-refractivity contribution in [3.05, 3.63) is 56.6 Å². The number of nitrogens with zero attached hydrogens (tertiary/aromatic N) is 4. The van der Waals surface area contributed by atoms with Crippen LogP contribution in [-0.2, 0) is 10.0 Å². The molecule has 11 nitrogen and oxygen atoms in total. The summed E-state index contributed by atoms with van der Waals surface area (Å²) in [6.07, 6.45) is 0. The topological polar surface area (TPSA) is 158 Å². The van der Waals surface area contributed by atoms with Gasteiger partial charge in [0.1, 0.15) is 21.6 Å². The van der Waals surface area contributed by atoms with Crippen molar-refractivity contribution in [1.29, 1.82) is 0 Å². The predicted molar refractivity (Wildman–Crippen MR) is 88.0 cm³/mol. The lowest BCUT2D eigenvalue weighted by Crippen LogP contribution is -2.14. The van der Waals surface area contributed by atoms with Gasteiger partial charge in [-0.15, -0.1) is 0 Å². The Kier molecular flexibility index (Phi) is 4.02. The lowest BCUT2D eigenvalue weighted by atomic mass is 10.2. The maximum absolute atomic E-state index is 12.6.